The Morgan fingerprint density at radius 3 is 2.57 bits per heavy atom. The molecule has 0 saturated heterocycles. The summed E-state index contributed by atoms with van der Waals surface area (Å²) in [6.07, 6.45) is 0.603. The van der Waals surface area contributed by atoms with E-state index in [0.717, 1.165) is 5.56 Å². The SMILES string of the molecule is COc1ccc(CCNC(=O)CCOc2ccc(Cl)c(Cl)c2)cc1OC(F)F. The van der Waals surface area contributed by atoms with Gasteiger partial charge in [0.1, 0.15) is 5.75 Å². The highest BCUT2D eigenvalue weighted by Crippen LogP contribution is 2.29. The molecule has 0 atom stereocenters. The molecule has 0 aliphatic carbocycles. The van der Waals surface area contributed by atoms with Gasteiger partial charge in [0, 0.05) is 12.6 Å². The number of carbonyl (C=O) groups excluding carboxylic acids is 1. The molecule has 1 amide bonds. The molecule has 0 unspecified atom stereocenters. The molecule has 152 valence electrons. The Morgan fingerprint density at radius 1 is 1.11 bits per heavy atom. The smallest absolute Gasteiger partial charge is 0.387 e. The van der Waals surface area contributed by atoms with Crippen molar-refractivity contribution >= 4 is 29.1 Å². The zero-order chi connectivity index (χ0) is 20.5. The van der Waals surface area contributed by atoms with E-state index in [1.165, 1.54) is 13.2 Å². The molecule has 0 aliphatic rings. The largest absolute Gasteiger partial charge is 0.493 e. The number of methoxy groups -OCH3 is 1. The van der Waals surface area contributed by atoms with Crippen LogP contribution in [-0.4, -0.2) is 32.8 Å². The van der Waals surface area contributed by atoms with E-state index in [1.54, 1.807) is 30.3 Å². The number of ether oxygens (including phenoxy) is 3. The lowest BCUT2D eigenvalue weighted by Gasteiger charge is -2.12. The van der Waals surface area contributed by atoms with Gasteiger partial charge in [0.25, 0.3) is 0 Å². The number of nitrogens with one attached hydrogen (secondary N) is 1. The summed E-state index contributed by atoms with van der Waals surface area (Å²) in [7, 11) is 1.37. The number of benzene rings is 2. The minimum Gasteiger partial charge on any atom is -0.493 e. The second kappa shape index (κ2) is 10.9. The Bertz CT molecular complexity index is 805. The maximum Gasteiger partial charge on any atom is 0.387 e. The summed E-state index contributed by atoms with van der Waals surface area (Å²) in [4.78, 5) is 11.9. The van der Waals surface area contributed by atoms with Gasteiger partial charge in [-0.15, -0.1) is 0 Å². The first-order valence-corrected chi connectivity index (χ1v) is 9.11. The molecular formula is C19H19Cl2F2NO4. The summed E-state index contributed by atoms with van der Waals surface area (Å²) in [6.45, 7) is -2.43. The highest BCUT2D eigenvalue weighted by Gasteiger charge is 2.11. The number of carbonyl (C=O) groups is 1. The van der Waals surface area contributed by atoms with E-state index in [-0.39, 0.29) is 30.4 Å². The molecule has 0 radical (unpaired) electrons. The Kier molecular flexibility index (Phi) is 8.60. The van der Waals surface area contributed by atoms with Gasteiger partial charge >= 0.3 is 6.61 Å². The minimum atomic E-state index is -2.95. The fourth-order valence-electron chi connectivity index (χ4n) is 2.33. The normalized spacial score (nSPS) is 10.6. The van der Waals surface area contributed by atoms with Crippen LogP contribution in [0.1, 0.15) is 12.0 Å². The topological polar surface area (TPSA) is 56.8 Å². The van der Waals surface area contributed by atoms with Crippen molar-refractivity contribution in [3.8, 4) is 17.2 Å². The van der Waals surface area contributed by atoms with Crippen molar-refractivity contribution in [1.29, 1.82) is 0 Å². The van der Waals surface area contributed by atoms with Gasteiger partial charge in [-0.3, -0.25) is 4.79 Å². The van der Waals surface area contributed by atoms with Crippen LogP contribution in [0, 0.1) is 0 Å². The van der Waals surface area contributed by atoms with Crippen LogP contribution >= 0.6 is 23.2 Å². The van der Waals surface area contributed by atoms with Gasteiger partial charge in [-0.1, -0.05) is 29.3 Å². The van der Waals surface area contributed by atoms with Crippen molar-refractivity contribution < 1.29 is 27.8 Å². The average molecular weight is 434 g/mol. The van der Waals surface area contributed by atoms with Crippen LogP contribution in [0.5, 0.6) is 17.2 Å². The van der Waals surface area contributed by atoms with E-state index in [4.69, 9.17) is 32.7 Å². The minimum absolute atomic E-state index is 0.0450. The predicted octanol–water partition coefficient (Wildman–Crippen LogP) is 4.73. The van der Waals surface area contributed by atoms with Gasteiger partial charge in [-0.2, -0.15) is 8.78 Å². The molecule has 1 N–H and O–H groups in total. The number of alkyl halides is 2. The Morgan fingerprint density at radius 2 is 1.89 bits per heavy atom. The van der Waals surface area contributed by atoms with Crippen molar-refractivity contribution in [3.63, 3.8) is 0 Å². The van der Waals surface area contributed by atoms with Crippen LogP contribution in [0.4, 0.5) is 8.78 Å². The highest BCUT2D eigenvalue weighted by atomic mass is 35.5. The zero-order valence-electron chi connectivity index (χ0n) is 15.0. The molecule has 0 heterocycles. The Hall–Kier alpha value is -2.25. The quantitative estimate of drug-likeness (QED) is 0.588. The van der Waals surface area contributed by atoms with Gasteiger partial charge in [0.05, 0.1) is 30.2 Å². The molecule has 9 heteroatoms. The summed E-state index contributed by atoms with van der Waals surface area (Å²) in [5.74, 6) is 0.494. The second-order valence-electron chi connectivity index (χ2n) is 5.64. The molecule has 0 spiro atoms. The summed E-state index contributed by atoms with van der Waals surface area (Å²) in [5, 5.41) is 3.54. The molecule has 5 nitrogen and oxygen atoms in total. The fraction of sp³-hybridized carbons (Fsp3) is 0.316. The molecule has 2 aromatic rings. The summed E-state index contributed by atoms with van der Waals surface area (Å²) >= 11 is 11.7. The van der Waals surface area contributed by atoms with Crippen LogP contribution in [0.2, 0.25) is 10.0 Å². The molecule has 2 aromatic carbocycles. The number of amides is 1. The maximum absolute atomic E-state index is 12.4. The third-order valence-electron chi connectivity index (χ3n) is 3.67. The molecule has 0 fully saturated rings. The van der Waals surface area contributed by atoms with Crippen LogP contribution < -0.4 is 19.5 Å². The van der Waals surface area contributed by atoms with Gasteiger partial charge in [0.2, 0.25) is 5.91 Å². The first kappa shape index (κ1) is 22.0. The third kappa shape index (κ3) is 7.05. The first-order valence-electron chi connectivity index (χ1n) is 8.35. The van der Waals surface area contributed by atoms with Crippen molar-refractivity contribution in [2.45, 2.75) is 19.5 Å². The van der Waals surface area contributed by atoms with E-state index in [0.29, 0.717) is 28.8 Å². The van der Waals surface area contributed by atoms with E-state index in [1.807, 2.05) is 0 Å². The lowest BCUT2D eigenvalue weighted by molar-refractivity contribution is -0.121. The lowest BCUT2D eigenvalue weighted by atomic mass is 10.1. The van der Waals surface area contributed by atoms with Gasteiger partial charge in [-0.05, 0) is 36.2 Å². The van der Waals surface area contributed by atoms with Crippen LogP contribution in [0.3, 0.4) is 0 Å². The summed E-state index contributed by atoms with van der Waals surface area (Å²) in [5.41, 5.74) is 0.726. The molecule has 0 saturated carbocycles. The van der Waals surface area contributed by atoms with Crippen LogP contribution in [0.25, 0.3) is 0 Å². The first-order chi connectivity index (χ1) is 13.4. The van der Waals surface area contributed by atoms with E-state index < -0.39 is 6.61 Å². The number of hydrogen-bond acceptors (Lipinski definition) is 4. The monoisotopic (exact) mass is 433 g/mol. The van der Waals surface area contributed by atoms with Crippen LogP contribution in [0.15, 0.2) is 36.4 Å². The van der Waals surface area contributed by atoms with Gasteiger partial charge in [0.15, 0.2) is 11.5 Å². The maximum atomic E-state index is 12.4. The molecule has 28 heavy (non-hydrogen) atoms. The third-order valence-corrected chi connectivity index (χ3v) is 4.41. The molecular weight excluding hydrogens is 415 g/mol. The van der Waals surface area contributed by atoms with Crippen molar-refractivity contribution in [2.75, 3.05) is 20.3 Å². The Balaban J connectivity index is 1.75. The van der Waals surface area contributed by atoms with Crippen LogP contribution in [-0.2, 0) is 11.2 Å². The van der Waals surface area contributed by atoms with Crippen molar-refractivity contribution in [2.24, 2.45) is 0 Å². The lowest BCUT2D eigenvalue weighted by Crippen LogP contribution is -2.27. The standard InChI is InChI=1S/C19H19Cl2F2NO4/c1-26-16-5-2-12(10-17(16)28-19(22)23)6-8-24-18(25)7-9-27-13-3-4-14(20)15(21)11-13/h2-5,10-11,19H,6-9H2,1H3,(H,24,25). The predicted molar refractivity (Wildman–Crippen MR) is 103 cm³/mol. The number of hydrogen-bond donors (Lipinski definition) is 1. The van der Waals surface area contributed by atoms with Crippen molar-refractivity contribution in [3.05, 3.63) is 52.0 Å². The highest BCUT2D eigenvalue weighted by molar-refractivity contribution is 6.42. The number of rotatable bonds is 10. The van der Waals surface area contributed by atoms with Gasteiger partial charge in [-0.25, -0.2) is 0 Å². The Labute approximate surface area is 171 Å². The second-order valence-corrected chi connectivity index (χ2v) is 6.45. The molecule has 2 rings (SSSR count). The molecule has 0 bridgehead atoms. The van der Waals surface area contributed by atoms with E-state index in [9.17, 15) is 13.6 Å². The van der Waals surface area contributed by atoms with E-state index >= 15 is 0 Å². The number of halogens is 4. The summed E-state index contributed by atoms with van der Waals surface area (Å²) in [6, 6.07) is 9.57. The van der Waals surface area contributed by atoms with E-state index in [2.05, 4.69) is 10.1 Å². The molecule has 0 aromatic heterocycles. The summed E-state index contributed by atoms with van der Waals surface area (Å²) < 4.78 is 39.8. The average Bonchev–Trinajstić information content (AvgIpc) is 2.64. The molecule has 0 aliphatic heterocycles. The zero-order valence-corrected chi connectivity index (χ0v) is 16.5. The van der Waals surface area contributed by atoms with Gasteiger partial charge < -0.3 is 19.5 Å². The van der Waals surface area contributed by atoms with Crippen molar-refractivity contribution in [1.82, 2.24) is 5.32 Å². The fourth-order valence-corrected chi connectivity index (χ4v) is 2.62.